The summed E-state index contributed by atoms with van der Waals surface area (Å²) in [5.74, 6) is -0.617. The summed E-state index contributed by atoms with van der Waals surface area (Å²) in [4.78, 5) is 18.9. The summed E-state index contributed by atoms with van der Waals surface area (Å²) in [7, 11) is 0. The number of hydrogen-bond donors (Lipinski definition) is 1. The minimum Gasteiger partial charge on any atom is -0.394 e. The highest BCUT2D eigenvalue weighted by Gasteiger charge is 2.02. The number of carbonyl (C=O) groups excluding carboxylic acids is 1. The van der Waals surface area contributed by atoms with Crippen LogP contribution in [0.4, 0.5) is 0 Å². The van der Waals surface area contributed by atoms with Gasteiger partial charge in [0.1, 0.15) is 6.61 Å². The molecule has 0 unspecified atom stereocenters. The lowest BCUT2D eigenvalue weighted by Gasteiger charge is -1.99. The molecular weight excluding hydrogens is 136 g/mol. The lowest BCUT2D eigenvalue weighted by atomic mass is 10.4. The average molecular weight is 146 g/mol. The molecule has 0 heterocycles. The Bertz CT molecular complexity index is 130. The molecule has 0 aromatic heterocycles. The molecule has 0 saturated heterocycles. The molecule has 58 valence electrons. The topological polar surface area (TPSA) is 55.8 Å². The molecule has 0 aromatic rings. The molecule has 0 radical (unpaired) electrons. The van der Waals surface area contributed by atoms with Crippen molar-refractivity contribution in [3.63, 3.8) is 0 Å². The zero-order valence-corrected chi connectivity index (χ0v) is 5.79. The maximum absolute atomic E-state index is 10.5. The molecule has 0 aliphatic carbocycles. The van der Waals surface area contributed by atoms with Crippen molar-refractivity contribution in [1.29, 1.82) is 0 Å². The Balaban J connectivity index is 3.31. The van der Waals surface area contributed by atoms with Gasteiger partial charge in [-0.2, -0.15) is 4.89 Å². The summed E-state index contributed by atoms with van der Waals surface area (Å²) in [6.45, 7) is 4.63. The molecule has 0 spiro atoms. The van der Waals surface area contributed by atoms with Crippen LogP contribution in [-0.2, 0) is 14.6 Å². The normalized spacial score (nSPS) is 9.00. The smallest absolute Gasteiger partial charge is 0.368 e. The summed E-state index contributed by atoms with van der Waals surface area (Å²) in [5, 5.41) is 8.18. The van der Waals surface area contributed by atoms with Crippen LogP contribution in [0, 0.1) is 0 Å². The molecule has 4 heteroatoms. The molecule has 0 aliphatic heterocycles. The third-order valence-electron chi connectivity index (χ3n) is 0.658. The first-order chi connectivity index (χ1) is 4.68. The lowest BCUT2D eigenvalue weighted by Crippen LogP contribution is -2.08. The van der Waals surface area contributed by atoms with E-state index in [0.29, 0.717) is 0 Å². The van der Waals surface area contributed by atoms with Crippen molar-refractivity contribution in [2.45, 2.75) is 6.92 Å². The van der Waals surface area contributed by atoms with E-state index < -0.39 is 5.97 Å². The van der Waals surface area contributed by atoms with Gasteiger partial charge in [0.25, 0.3) is 0 Å². The summed E-state index contributed by atoms with van der Waals surface area (Å²) in [6.07, 6.45) is 0. The van der Waals surface area contributed by atoms with Crippen LogP contribution in [0.25, 0.3) is 0 Å². The standard InChI is InChI=1S/C6H10O4/c1-5(2)6(8)10-9-4-3-7/h7H,1,3-4H2,2H3. The second-order valence-corrected chi connectivity index (χ2v) is 1.70. The van der Waals surface area contributed by atoms with Gasteiger partial charge < -0.3 is 5.11 Å². The van der Waals surface area contributed by atoms with E-state index in [1.54, 1.807) is 0 Å². The Morgan fingerprint density at radius 1 is 1.70 bits per heavy atom. The quantitative estimate of drug-likeness (QED) is 0.263. The molecule has 0 amide bonds. The van der Waals surface area contributed by atoms with Crippen LogP contribution in [0.3, 0.4) is 0 Å². The van der Waals surface area contributed by atoms with E-state index in [1.165, 1.54) is 6.92 Å². The van der Waals surface area contributed by atoms with Crippen molar-refractivity contribution < 1.29 is 19.7 Å². The first kappa shape index (κ1) is 9.13. The Hall–Kier alpha value is -0.870. The van der Waals surface area contributed by atoms with Gasteiger partial charge >= 0.3 is 5.97 Å². The second-order valence-electron chi connectivity index (χ2n) is 1.70. The summed E-state index contributed by atoms with van der Waals surface area (Å²) < 4.78 is 0. The minimum atomic E-state index is -0.617. The van der Waals surface area contributed by atoms with Crippen molar-refractivity contribution in [3.8, 4) is 0 Å². The molecule has 10 heavy (non-hydrogen) atoms. The van der Waals surface area contributed by atoms with E-state index in [9.17, 15) is 4.79 Å². The molecule has 4 nitrogen and oxygen atoms in total. The Labute approximate surface area is 59.0 Å². The van der Waals surface area contributed by atoms with Gasteiger partial charge in [0.05, 0.1) is 6.61 Å². The summed E-state index contributed by atoms with van der Waals surface area (Å²) in [5.41, 5.74) is 0.262. The first-order valence-electron chi connectivity index (χ1n) is 2.78. The van der Waals surface area contributed by atoms with E-state index in [0.717, 1.165) is 0 Å². The summed E-state index contributed by atoms with van der Waals surface area (Å²) >= 11 is 0. The van der Waals surface area contributed by atoms with E-state index in [-0.39, 0.29) is 18.8 Å². The largest absolute Gasteiger partial charge is 0.394 e. The van der Waals surface area contributed by atoms with Crippen LogP contribution >= 0.6 is 0 Å². The lowest BCUT2D eigenvalue weighted by molar-refractivity contribution is -0.271. The van der Waals surface area contributed by atoms with Gasteiger partial charge in [0, 0.05) is 5.57 Å². The summed E-state index contributed by atoms with van der Waals surface area (Å²) in [6, 6.07) is 0. The number of hydrogen-bond acceptors (Lipinski definition) is 4. The average Bonchev–Trinajstić information content (AvgIpc) is 1.88. The molecule has 0 atom stereocenters. The number of aliphatic hydroxyl groups is 1. The fourth-order valence-electron chi connectivity index (χ4n) is 0.204. The van der Waals surface area contributed by atoms with Crippen molar-refractivity contribution in [2.75, 3.05) is 13.2 Å². The predicted octanol–water partition coefficient (Wildman–Crippen LogP) is 0.0296. The Morgan fingerprint density at radius 3 is 2.70 bits per heavy atom. The van der Waals surface area contributed by atoms with Crippen LogP contribution < -0.4 is 0 Å². The molecule has 1 N–H and O–H groups in total. The fourth-order valence-corrected chi connectivity index (χ4v) is 0.204. The Kier molecular flexibility index (Phi) is 4.53. The van der Waals surface area contributed by atoms with Gasteiger partial charge in [-0.1, -0.05) is 6.58 Å². The first-order valence-corrected chi connectivity index (χ1v) is 2.78. The van der Waals surface area contributed by atoms with Crippen molar-refractivity contribution >= 4 is 5.97 Å². The monoisotopic (exact) mass is 146 g/mol. The molecule has 0 aliphatic rings. The maximum atomic E-state index is 10.5. The van der Waals surface area contributed by atoms with Crippen LogP contribution in [0.2, 0.25) is 0 Å². The zero-order chi connectivity index (χ0) is 7.98. The van der Waals surface area contributed by atoms with Gasteiger partial charge in [-0.15, -0.1) is 0 Å². The zero-order valence-electron chi connectivity index (χ0n) is 5.79. The van der Waals surface area contributed by atoms with E-state index in [1.807, 2.05) is 0 Å². The Morgan fingerprint density at radius 2 is 2.30 bits per heavy atom. The van der Waals surface area contributed by atoms with Crippen molar-refractivity contribution in [3.05, 3.63) is 12.2 Å². The second kappa shape index (κ2) is 4.96. The highest BCUT2D eigenvalue weighted by Crippen LogP contribution is 1.91. The number of aliphatic hydroxyl groups excluding tert-OH is 1. The van der Waals surface area contributed by atoms with Crippen molar-refractivity contribution in [2.24, 2.45) is 0 Å². The van der Waals surface area contributed by atoms with Crippen molar-refractivity contribution in [1.82, 2.24) is 0 Å². The molecule has 0 aromatic carbocycles. The van der Waals surface area contributed by atoms with Gasteiger partial charge in [-0.3, -0.25) is 4.89 Å². The predicted molar refractivity (Wildman–Crippen MR) is 33.9 cm³/mol. The number of carbonyl (C=O) groups is 1. The van der Waals surface area contributed by atoms with Crippen LogP contribution in [-0.4, -0.2) is 24.3 Å². The van der Waals surface area contributed by atoms with E-state index in [2.05, 4.69) is 16.4 Å². The third-order valence-corrected chi connectivity index (χ3v) is 0.658. The fraction of sp³-hybridized carbons (Fsp3) is 0.500. The van der Waals surface area contributed by atoms with Gasteiger partial charge in [0.2, 0.25) is 0 Å². The van der Waals surface area contributed by atoms with Crippen LogP contribution in [0.5, 0.6) is 0 Å². The highest BCUT2D eigenvalue weighted by molar-refractivity contribution is 5.86. The molecule has 0 bridgehead atoms. The number of rotatable bonds is 4. The van der Waals surface area contributed by atoms with Gasteiger partial charge in [-0.25, -0.2) is 4.79 Å². The van der Waals surface area contributed by atoms with Gasteiger partial charge in [0.15, 0.2) is 0 Å². The maximum Gasteiger partial charge on any atom is 0.368 e. The highest BCUT2D eigenvalue weighted by atomic mass is 17.2. The van der Waals surface area contributed by atoms with E-state index >= 15 is 0 Å². The third kappa shape index (κ3) is 4.05. The SMILES string of the molecule is C=C(C)C(=O)OOCCO. The molecule has 0 rings (SSSR count). The molecule has 0 saturated carbocycles. The van der Waals surface area contributed by atoms with Crippen LogP contribution in [0.1, 0.15) is 6.92 Å². The minimum absolute atomic E-state index is 0.0149. The van der Waals surface area contributed by atoms with Crippen LogP contribution in [0.15, 0.2) is 12.2 Å². The molecule has 0 fully saturated rings. The molecular formula is C6H10O4. The van der Waals surface area contributed by atoms with Gasteiger partial charge in [-0.05, 0) is 6.92 Å². The van der Waals surface area contributed by atoms with E-state index in [4.69, 9.17) is 5.11 Å².